The lowest BCUT2D eigenvalue weighted by Gasteiger charge is -2.18. The van der Waals surface area contributed by atoms with E-state index >= 15 is 0 Å². The second kappa shape index (κ2) is 8.91. The van der Waals surface area contributed by atoms with E-state index in [0.29, 0.717) is 12.4 Å². The summed E-state index contributed by atoms with van der Waals surface area (Å²) in [5.41, 5.74) is 2.62. The van der Waals surface area contributed by atoms with Gasteiger partial charge in [-0.15, -0.1) is 13.2 Å². The molecule has 2 aromatic carbocycles. The van der Waals surface area contributed by atoms with Crippen LogP contribution in [0, 0.1) is 0 Å². The summed E-state index contributed by atoms with van der Waals surface area (Å²) >= 11 is 0. The fourth-order valence-corrected chi connectivity index (χ4v) is 2.55. The van der Waals surface area contributed by atoms with Crippen LogP contribution in [-0.2, 0) is 11.3 Å². The minimum atomic E-state index is -4.70. The lowest BCUT2D eigenvalue weighted by Crippen LogP contribution is -2.22. The van der Waals surface area contributed by atoms with Gasteiger partial charge in [-0.3, -0.25) is 4.90 Å². The summed E-state index contributed by atoms with van der Waals surface area (Å²) in [5, 5.41) is 0. The molecule has 0 heterocycles. The van der Waals surface area contributed by atoms with E-state index in [9.17, 15) is 13.2 Å². The molecule has 0 spiro atoms. The van der Waals surface area contributed by atoms with Gasteiger partial charge in [0, 0.05) is 25.8 Å². The van der Waals surface area contributed by atoms with Gasteiger partial charge in [0.15, 0.2) is 0 Å². The molecule has 0 unspecified atom stereocenters. The van der Waals surface area contributed by atoms with Crippen molar-refractivity contribution in [3.63, 3.8) is 0 Å². The predicted octanol–water partition coefficient (Wildman–Crippen LogP) is 4.34. The van der Waals surface area contributed by atoms with Crippen LogP contribution in [0.1, 0.15) is 5.56 Å². The van der Waals surface area contributed by atoms with Gasteiger partial charge in [-0.25, -0.2) is 0 Å². The van der Waals surface area contributed by atoms with Crippen LogP contribution >= 0.6 is 0 Å². The van der Waals surface area contributed by atoms with E-state index < -0.39 is 6.36 Å². The lowest BCUT2D eigenvalue weighted by atomic mass is 10.0. The molecule has 0 bridgehead atoms. The average Bonchev–Trinajstić information content (AvgIpc) is 2.59. The topological polar surface area (TPSA) is 30.9 Å². The van der Waals surface area contributed by atoms with Gasteiger partial charge >= 0.3 is 6.36 Å². The van der Waals surface area contributed by atoms with Gasteiger partial charge in [-0.05, 0) is 42.4 Å². The average molecular weight is 369 g/mol. The Bertz CT molecular complexity index is 702. The van der Waals surface area contributed by atoms with Crippen LogP contribution in [0.15, 0.2) is 42.5 Å². The normalized spacial score (nSPS) is 11.7. The SMILES string of the molecule is COCCN(C)Cc1ccc(OC)c(-c2ccc(OC(F)(F)F)cc2)c1. The quantitative estimate of drug-likeness (QED) is 0.693. The number of hydrogen-bond acceptors (Lipinski definition) is 4. The minimum absolute atomic E-state index is 0.254. The molecule has 0 saturated carbocycles. The molecule has 0 saturated heterocycles. The molecule has 2 aromatic rings. The number of methoxy groups -OCH3 is 2. The standard InChI is InChI=1S/C19H22F3NO3/c1-23(10-11-24-2)13-14-4-9-18(25-3)17(12-14)15-5-7-16(8-6-15)26-19(20,21)22/h4-9,12H,10-11,13H2,1-3H3. The summed E-state index contributed by atoms with van der Waals surface area (Å²) in [6, 6.07) is 11.5. The van der Waals surface area contributed by atoms with Crippen LogP contribution in [-0.4, -0.2) is 45.7 Å². The second-order valence-corrected chi connectivity index (χ2v) is 5.84. The Morgan fingerprint density at radius 3 is 2.27 bits per heavy atom. The monoisotopic (exact) mass is 369 g/mol. The molecule has 0 aliphatic rings. The Balaban J connectivity index is 2.22. The molecule has 142 valence electrons. The van der Waals surface area contributed by atoms with Gasteiger partial charge in [0.2, 0.25) is 0 Å². The number of nitrogens with zero attached hydrogens (tertiary/aromatic N) is 1. The Morgan fingerprint density at radius 1 is 1.00 bits per heavy atom. The second-order valence-electron chi connectivity index (χ2n) is 5.84. The maximum absolute atomic E-state index is 12.3. The molecule has 0 aromatic heterocycles. The summed E-state index contributed by atoms with van der Waals surface area (Å²) in [6.07, 6.45) is -4.70. The largest absolute Gasteiger partial charge is 0.573 e. The third kappa shape index (κ3) is 5.93. The van der Waals surface area contributed by atoms with Crippen LogP contribution in [0.4, 0.5) is 13.2 Å². The number of ether oxygens (including phenoxy) is 3. The lowest BCUT2D eigenvalue weighted by molar-refractivity contribution is -0.274. The predicted molar refractivity (Wildman–Crippen MR) is 93.3 cm³/mol. The Morgan fingerprint density at radius 2 is 1.69 bits per heavy atom. The van der Waals surface area contributed by atoms with Gasteiger partial charge < -0.3 is 14.2 Å². The van der Waals surface area contributed by atoms with Crippen molar-refractivity contribution in [3.05, 3.63) is 48.0 Å². The molecule has 0 N–H and O–H groups in total. The van der Waals surface area contributed by atoms with Crippen LogP contribution in [0.2, 0.25) is 0 Å². The van der Waals surface area contributed by atoms with Gasteiger partial charge in [0.1, 0.15) is 11.5 Å². The molecule has 0 radical (unpaired) electrons. The zero-order chi connectivity index (χ0) is 19.2. The molecule has 0 aliphatic carbocycles. The van der Waals surface area contributed by atoms with E-state index in [4.69, 9.17) is 9.47 Å². The first-order valence-corrected chi connectivity index (χ1v) is 8.03. The van der Waals surface area contributed by atoms with Gasteiger partial charge in [0.05, 0.1) is 13.7 Å². The first-order chi connectivity index (χ1) is 12.3. The number of benzene rings is 2. The number of hydrogen-bond donors (Lipinski definition) is 0. The van der Waals surface area contributed by atoms with E-state index in [1.165, 1.54) is 12.1 Å². The molecule has 4 nitrogen and oxygen atoms in total. The third-order valence-electron chi connectivity index (χ3n) is 3.79. The van der Waals surface area contributed by atoms with Gasteiger partial charge in [-0.1, -0.05) is 18.2 Å². The maximum atomic E-state index is 12.3. The van der Waals surface area contributed by atoms with Crippen molar-refractivity contribution < 1.29 is 27.4 Å². The highest BCUT2D eigenvalue weighted by atomic mass is 19.4. The fraction of sp³-hybridized carbons (Fsp3) is 0.368. The summed E-state index contributed by atoms with van der Waals surface area (Å²) < 4.78 is 51.2. The van der Waals surface area contributed by atoms with Gasteiger partial charge in [0.25, 0.3) is 0 Å². The molecule has 2 rings (SSSR count). The minimum Gasteiger partial charge on any atom is -0.496 e. The fourth-order valence-electron chi connectivity index (χ4n) is 2.55. The highest BCUT2D eigenvalue weighted by Crippen LogP contribution is 2.33. The molecule has 0 fully saturated rings. The van der Waals surface area contributed by atoms with E-state index in [2.05, 4.69) is 9.64 Å². The molecule has 0 amide bonds. The van der Waals surface area contributed by atoms with E-state index in [1.807, 2.05) is 25.2 Å². The van der Waals surface area contributed by atoms with E-state index in [0.717, 1.165) is 29.8 Å². The summed E-state index contributed by atoms with van der Waals surface area (Å²) in [4.78, 5) is 2.12. The molecule has 7 heteroatoms. The van der Waals surface area contributed by atoms with Crippen molar-refractivity contribution >= 4 is 0 Å². The molecular weight excluding hydrogens is 347 g/mol. The van der Waals surface area contributed by atoms with Crippen molar-refractivity contribution in [1.29, 1.82) is 0 Å². The molecular formula is C19H22F3NO3. The Kier molecular flexibility index (Phi) is 6.88. The zero-order valence-corrected chi connectivity index (χ0v) is 15.0. The van der Waals surface area contributed by atoms with Crippen LogP contribution in [0.25, 0.3) is 11.1 Å². The van der Waals surface area contributed by atoms with Crippen molar-refractivity contribution in [2.75, 3.05) is 34.4 Å². The number of rotatable bonds is 8. The van der Waals surface area contributed by atoms with Crippen LogP contribution < -0.4 is 9.47 Å². The molecule has 0 aliphatic heterocycles. The zero-order valence-electron chi connectivity index (χ0n) is 15.0. The van der Waals surface area contributed by atoms with E-state index in [1.54, 1.807) is 26.4 Å². The first-order valence-electron chi connectivity index (χ1n) is 8.03. The number of alkyl halides is 3. The summed E-state index contributed by atoms with van der Waals surface area (Å²) in [5.74, 6) is 0.397. The summed E-state index contributed by atoms with van der Waals surface area (Å²) in [7, 11) is 5.21. The number of halogens is 3. The van der Waals surface area contributed by atoms with Crippen molar-refractivity contribution in [1.82, 2.24) is 4.90 Å². The van der Waals surface area contributed by atoms with Crippen molar-refractivity contribution in [2.24, 2.45) is 0 Å². The highest BCUT2D eigenvalue weighted by molar-refractivity contribution is 5.71. The van der Waals surface area contributed by atoms with Crippen molar-refractivity contribution in [3.8, 4) is 22.6 Å². The first kappa shape index (κ1) is 20.1. The smallest absolute Gasteiger partial charge is 0.496 e. The Hall–Kier alpha value is -2.25. The summed E-state index contributed by atoms with van der Waals surface area (Å²) in [6.45, 7) is 2.15. The molecule has 0 atom stereocenters. The van der Waals surface area contributed by atoms with Crippen molar-refractivity contribution in [2.45, 2.75) is 12.9 Å². The maximum Gasteiger partial charge on any atom is 0.573 e. The number of likely N-dealkylation sites (N-methyl/N-ethyl adjacent to an activating group) is 1. The highest BCUT2D eigenvalue weighted by Gasteiger charge is 2.31. The van der Waals surface area contributed by atoms with Gasteiger partial charge in [-0.2, -0.15) is 0 Å². The van der Waals surface area contributed by atoms with Crippen LogP contribution in [0.5, 0.6) is 11.5 Å². The van der Waals surface area contributed by atoms with E-state index in [-0.39, 0.29) is 5.75 Å². The molecule has 26 heavy (non-hydrogen) atoms. The van der Waals surface area contributed by atoms with Crippen LogP contribution in [0.3, 0.4) is 0 Å². The third-order valence-corrected chi connectivity index (χ3v) is 3.79. The Labute approximate surface area is 151 Å².